The Morgan fingerprint density at radius 1 is 1.09 bits per heavy atom. The quantitative estimate of drug-likeness (QED) is 0.900. The predicted molar refractivity (Wildman–Crippen MR) is 84.6 cm³/mol. The van der Waals surface area contributed by atoms with Crippen LogP contribution in [-0.2, 0) is 19.9 Å². The summed E-state index contributed by atoms with van der Waals surface area (Å²) in [5.74, 6) is 0.264. The Morgan fingerprint density at radius 3 is 2.39 bits per heavy atom. The molecule has 2 aromatic carbocycles. The number of hydrogen-bond donors (Lipinski definition) is 1. The maximum atomic E-state index is 12.5. The van der Waals surface area contributed by atoms with Crippen molar-refractivity contribution in [1.82, 2.24) is 4.72 Å². The van der Waals surface area contributed by atoms with Crippen LogP contribution in [0.1, 0.15) is 11.6 Å². The number of fused-ring (bicyclic) bond motifs is 1. The van der Waals surface area contributed by atoms with Crippen molar-refractivity contribution in [3.05, 3.63) is 54.1 Å². The smallest absolute Gasteiger partial charge is 0.241 e. The van der Waals surface area contributed by atoms with Crippen molar-refractivity contribution in [2.75, 3.05) is 12.9 Å². The van der Waals surface area contributed by atoms with E-state index in [4.69, 9.17) is 4.74 Å². The third kappa shape index (κ3) is 2.97. The van der Waals surface area contributed by atoms with Crippen molar-refractivity contribution in [3.8, 4) is 5.75 Å². The van der Waals surface area contributed by atoms with Gasteiger partial charge >= 0.3 is 0 Å². The number of hydrogen-bond acceptors (Lipinski definition) is 5. The Hall–Kier alpha value is -1.90. The van der Waals surface area contributed by atoms with Gasteiger partial charge in [0, 0.05) is 0 Å². The van der Waals surface area contributed by atoms with E-state index in [2.05, 4.69) is 4.72 Å². The number of ether oxygens (including phenoxy) is 1. The summed E-state index contributed by atoms with van der Waals surface area (Å²) >= 11 is 0. The van der Waals surface area contributed by atoms with E-state index in [1.165, 1.54) is 37.4 Å². The van der Waals surface area contributed by atoms with Crippen molar-refractivity contribution < 1.29 is 21.6 Å². The molecule has 0 saturated carbocycles. The van der Waals surface area contributed by atoms with Crippen LogP contribution in [-0.4, -0.2) is 29.7 Å². The van der Waals surface area contributed by atoms with Crippen LogP contribution < -0.4 is 9.46 Å². The highest BCUT2D eigenvalue weighted by Crippen LogP contribution is 2.34. The third-order valence-corrected chi connectivity index (χ3v) is 6.98. The standard InChI is InChI=1S/C15H15NO5S2/c1-21-11-6-8-12(9-7-11)23(19,20)16-14-10-22(17,18)15-5-3-2-4-13(14)15/h2-9,14,16H,10H2,1H3/t14-/m0/s1. The zero-order valence-electron chi connectivity index (χ0n) is 12.3. The Kier molecular flexibility index (Phi) is 3.91. The summed E-state index contributed by atoms with van der Waals surface area (Å²) in [7, 11) is -5.81. The lowest BCUT2D eigenvalue weighted by Crippen LogP contribution is -2.29. The fourth-order valence-electron chi connectivity index (χ4n) is 2.56. The summed E-state index contributed by atoms with van der Waals surface area (Å²) < 4.78 is 56.6. The van der Waals surface area contributed by atoms with Gasteiger partial charge in [-0.15, -0.1) is 0 Å². The van der Waals surface area contributed by atoms with E-state index < -0.39 is 25.9 Å². The fourth-order valence-corrected chi connectivity index (χ4v) is 5.62. The molecule has 122 valence electrons. The van der Waals surface area contributed by atoms with Crippen LogP contribution >= 0.6 is 0 Å². The largest absolute Gasteiger partial charge is 0.497 e. The second-order valence-corrected chi connectivity index (χ2v) is 8.89. The van der Waals surface area contributed by atoms with E-state index in [1.54, 1.807) is 18.2 Å². The Balaban J connectivity index is 1.92. The molecular weight excluding hydrogens is 338 g/mol. The first-order chi connectivity index (χ1) is 10.8. The van der Waals surface area contributed by atoms with Gasteiger partial charge < -0.3 is 4.74 Å². The highest BCUT2D eigenvalue weighted by atomic mass is 32.2. The summed E-state index contributed by atoms with van der Waals surface area (Å²) in [5, 5.41) is 0. The molecule has 0 aliphatic carbocycles. The van der Waals surface area contributed by atoms with Gasteiger partial charge in [-0.3, -0.25) is 0 Å². The molecule has 2 aromatic rings. The monoisotopic (exact) mass is 353 g/mol. The fraction of sp³-hybridized carbons (Fsp3) is 0.200. The molecule has 6 nitrogen and oxygen atoms in total. The first-order valence-corrected chi connectivity index (χ1v) is 9.95. The van der Waals surface area contributed by atoms with E-state index in [0.29, 0.717) is 11.3 Å². The minimum absolute atomic E-state index is 0.0556. The van der Waals surface area contributed by atoms with Gasteiger partial charge in [-0.2, -0.15) is 0 Å². The minimum Gasteiger partial charge on any atom is -0.497 e. The van der Waals surface area contributed by atoms with Gasteiger partial charge in [0.25, 0.3) is 0 Å². The number of sulfonamides is 1. The van der Waals surface area contributed by atoms with Crippen LogP contribution in [0.3, 0.4) is 0 Å². The molecule has 0 fully saturated rings. The number of rotatable bonds is 4. The van der Waals surface area contributed by atoms with Crippen molar-refractivity contribution in [1.29, 1.82) is 0 Å². The maximum absolute atomic E-state index is 12.5. The lowest BCUT2D eigenvalue weighted by molar-refractivity contribution is 0.414. The second-order valence-electron chi connectivity index (χ2n) is 5.17. The number of benzene rings is 2. The van der Waals surface area contributed by atoms with Crippen LogP contribution in [0.2, 0.25) is 0 Å². The van der Waals surface area contributed by atoms with Crippen LogP contribution in [0.5, 0.6) is 5.75 Å². The van der Waals surface area contributed by atoms with Crippen molar-refractivity contribution in [2.24, 2.45) is 0 Å². The van der Waals surface area contributed by atoms with Gasteiger partial charge in [0.1, 0.15) is 5.75 Å². The summed E-state index contributed by atoms with van der Waals surface area (Å²) in [5.41, 5.74) is 0.476. The molecule has 3 rings (SSSR count). The maximum Gasteiger partial charge on any atom is 0.241 e. The molecule has 0 bridgehead atoms. The van der Waals surface area contributed by atoms with E-state index in [9.17, 15) is 16.8 Å². The van der Waals surface area contributed by atoms with Gasteiger partial charge in [-0.1, -0.05) is 18.2 Å². The van der Waals surface area contributed by atoms with Crippen molar-refractivity contribution in [3.63, 3.8) is 0 Å². The SMILES string of the molecule is COc1ccc(S(=O)(=O)N[C@H]2CS(=O)(=O)c3ccccc32)cc1. The zero-order chi connectivity index (χ0) is 16.7. The van der Waals surface area contributed by atoms with E-state index in [-0.39, 0.29) is 15.5 Å². The van der Waals surface area contributed by atoms with E-state index in [1.807, 2.05) is 0 Å². The normalized spacial score (nSPS) is 19.3. The van der Waals surface area contributed by atoms with E-state index >= 15 is 0 Å². The minimum atomic E-state index is -3.83. The third-order valence-electron chi connectivity index (χ3n) is 3.68. The highest BCUT2D eigenvalue weighted by molar-refractivity contribution is 7.92. The summed E-state index contributed by atoms with van der Waals surface area (Å²) in [6.07, 6.45) is 0. The molecule has 1 aliphatic heterocycles. The second kappa shape index (κ2) is 5.63. The molecule has 0 saturated heterocycles. The van der Waals surface area contributed by atoms with Crippen molar-refractivity contribution >= 4 is 19.9 Å². The Bertz CT molecular complexity index is 934. The van der Waals surface area contributed by atoms with Gasteiger partial charge in [0.2, 0.25) is 10.0 Å². The predicted octanol–water partition coefficient (Wildman–Crippen LogP) is 1.50. The molecule has 0 amide bonds. The molecule has 0 aromatic heterocycles. The summed E-state index contributed by atoms with van der Waals surface area (Å²) in [4.78, 5) is 0.238. The number of methoxy groups -OCH3 is 1. The van der Waals surface area contributed by atoms with Gasteiger partial charge in [0.15, 0.2) is 9.84 Å². The molecule has 1 aliphatic rings. The first-order valence-electron chi connectivity index (χ1n) is 6.81. The Labute approximate surface area is 135 Å². The topological polar surface area (TPSA) is 89.5 Å². The zero-order valence-corrected chi connectivity index (χ0v) is 13.9. The molecule has 8 heteroatoms. The van der Waals surface area contributed by atoms with Crippen LogP contribution in [0.25, 0.3) is 0 Å². The van der Waals surface area contributed by atoms with Crippen molar-refractivity contribution in [2.45, 2.75) is 15.8 Å². The molecule has 1 atom stereocenters. The van der Waals surface area contributed by atoms with Crippen LogP contribution in [0.15, 0.2) is 58.3 Å². The highest BCUT2D eigenvalue weighted by Gasteiger charge is 2.36. The van der Waals surface area contributed by atoms with E-state index in [0.717, 1.165) is 0 Å². The number of nitrogens with one attached hydrogen (secondary N) is 1. The molecule has 0 radical (unpaired) electrons. The average Bonchev–Trinajstić information content (AvgIpc) is 2.78. The summed E-state index contributed by atoms with van der Waals surface area (Å²) in [6, 6.07) is 11.5. The molecule has 23 heavy (non-hydrogen) atoms. The lowest BCUT2D eigenvalue weighted by Gasteiger charge is -2.13. The number of sulfone groups is 1. The van der Waals surface area contributed by atoms with Crippen LogP contribution in [0, 0.1) is 0 Å². The molecule has 1 heterocycles. The van der Waals surface area contributed by atoms with Crippen LogP contribution in [0.4, 0.5) is 0 Å². The van der Waals surface area contributed by atoms with Gasteiger partial charge in [-0.05, 0) is 35.9 Å². The lowest BCUT2D eigenvalue weighted by atomic mass is 10.1. The van der Waals surface area contributed by atoms with Gasteiger partial charge in [0.05, 0.1) is 28.7 Å². The summed E-state index contributed by atoms with van der Waals surface area (Å²) in [6.45, 7) is 0. The molecule has 1 N–H and O–H groups in total. The van der Waals surface area contributed by atoms with Gasteiger partial charge in [-0.25, -0.2) is 21.6 Å². The Morgan fingerprint density at radius 2 is 1.74 bits per heavy atom. The first kappa shape index (κ1) is 16.0. The average molecular weight is 353 g/mol. The molecular formula is C15H15NO5S2. The molecule has 0 spiro atoms. The molecule has 0 unspecified atom stereocenters.